The van der Waals surface area contributed by atoms with Gasteiger partial charge < -0.3 is 10.4 Å². The van der Waals surface area contributed by atoms with Gasteiger partial charge >= 0.3 is 0 Å². The van der Waals surface area contributed by atoms with Gasteiger partial charge in [-0.25, -0.2) is 4.39 Å². The van der Waals surface area contributed by atoms with E-state index < -0.39 is 11.9 Å². The fourth-order valence-corrected chi connectivity index (χ4v) is 2.30. The second-order valence-corrected chi connectivity index (χ2v) is 4.65. The summed E-state index contributed by atoms with van der Waals surface area (Å²) in [6.45, 7) is 1.72. The molecule has 0 spiro atoms. The number of halogens is 2. The zero-order valence-corrected chi connectivity index (χ0v) is 9.67. The van der Waals surface area contributed by atoms with E-state index in [9.17, 15) is 9.50 Å². The monoisotopic (exact) mass is 243 g/mol. The van der Waals surface area contributed by atoms with Crippen LogP contribution in [0.2, 0.25) is 5.02 Å². The molecule has 88 valence electrons. The molecular formula is C12H15ClFNO. The minimum absolute atomic E-state index is 0.0874. The summed E-state index contributed by atoms with van der Waals surface area (Å²) in [6.07, 6.45) is 1.21. The lowest BCUT2D eigenvalue weighted by atomic mass is 9.89. The summed E-state index contributed by atoms with van der Waals surface area (Å²) in [5.74, 6) is -0.338. The highest BCUT2D eigenvalue weighted by atomic mass is 35.5. The Morgan fingerprint density at radius 3 is 2.94 bits per heavy atom. The quantitative estimate of drug-likeness (QED) is 0.837. The highest BCUT2D eigenvalue weighted by molar-refractivity contribution is 6.30. The first-order valence-corrected chi connectivity index (χ1v) is 5.90. The van der Waals surface area contributed by atoms with Crippen LogP contribution in [0.3, 0.4) is 0 Å². The maximum Gasteiger partial charge on any atom is 0.130 e. The number of hydrogen-bond donors (Lipinski definition) is 2. The van der Waals surface area contributed by atoms with Gasteiger partial charge in [-0.1, -0.05) is 17.7 Å². The number of aliphatic hydroxyl groups excluding tert-OH is 1. The van der Waals surface area contributed by atoms with Gasteiger partial charge in [-0.2, -0.15) is 0 Å². The second-order valence-electron chi connectivity index (χ2n) is 4.22. The first-order valence-electron chi connectivity index (χ1n) is 5.52. The zero-order chi connectivity index (χ0) is 11.5. The molecule has 2 unspecified atom stereocenters. The maximum absolute atomic E-state index is 13.6. The largest absolute Gasteiger partial charge is 0.388 e. The predicted octanol–water partition coefficient (Wildman–Crippen LogP) is 2.51. The van der Waals surface area contributed by atoms with Crippen LogP contribution >= 0.6 is 11.6 Å². The Morgan fingerprint density at radius 2 is 2.31 bits per heavy atom. The molecule has 1 aliphatic heterocycles. The lowest BCUT2D eigenvalue weighted by Crippen LogP contribution is -2.33. The van der Waals surface area contributed by atoms with Gasteiger partial charge in [0.2, 0.25) is 0 Å². The summed E-state index contributed by atoms with van der Waals surface area (Å²) in [7, 11) is 0. The van der Waals surface area contributed by atoms with E-state index >= 15 is 0 Å². The molecule has 1 heterocycles. The van der Waals surface area contributed by atoms with Gasteiger partial charge in [-0.15, -0.1) is 0 Å². The summed E-state index contributed by atoms with van der Waals surface area (Å²) < 4.78 is 13.6. The van der Waals surface area contributed by atoms with Crippen molar-refractivity contribution in [3.8, 4) is 0 Å². The van der Waals surface area contributed by atoms with Crippen LogP contribution in [0.25, 0.3) is 0 Å². The molecule has 2 nitrogen and oxygen atoms in total. The number of nitrogens with one attached hydrogen (secondary N) is 1. The highest BCUT2D eigenvalue weighted by Crippen LogP contribution is 2.29. The first-order chi connectivity index (χ1) is 7.68. The molecule has 16 heavy (non-hydrogen) atoms. The third kappa shape index (κ3) is 2.54. The van der Waals surface area contributed by atoms with Crippen molar-refractivity contribution in [2.75, 3.05) is 13.1 Å². The normalized spacial score (nSPS) is 23.1. The van der Waals surface area contributed by atoms with Crippen LogP contribution in [0.1, 0.15) is 24.5 Å². The Morgan fingerprint density at radius 1 is 1.50 bits per heavy atom. The molecule has 0 saturated carbocycles. The van der Waals surface area contributed by atoms with Crippen LogP contribution < -0.4 is 5.32 Å². The molecule has 0 bridgehead atoms. The van der Waals surface area contributed by atoms with Gasteiger partial charge in [0, 0.05) is 23.0 Å². The third-order valence-electron chi connectivity index (χ3n) is 3.06. The van der Waals surface area contributed by atoms with E-state index in [2.05, 4.69) is 5.32 Å². The van der Waals surface area contributed by atoms with Crippen LogP contribution in [-0.2, 0) is 0 Å². The maximum atomic E-state index is 13.6. The van der Waals surface area contributed by atoms with E-state index in [-0.39, 0.29) is 5.92 Å². The SMILES string of the molecule is OC(c1ccc(Cl)cc1F)C1CCCNC1. The van der Waals surface area contributed by atoms with Crippen molar-refractivity contribution in [2.45, 2.75) is 18.9 Å². The van der Waals surface area contributed by atoms with Crippen molar-refractivity contribution in [2.24, 2.45) is 5.92 Å². The van der Waals surface area contributed by atoms with E-state index in [1.807, 2.05) is 0 Å². The number of aliphatic hydroxyl groups is 1. The number of rotatable bonds is 2. The summed E-state index contributed by atoms with van der Waals surface area (Å²) >= 11 is 5.67. The van der Waals surface area contributed by atoms with E-state index in [0.29, 0.717) is 10.6 Å². The van der Waals surface area contributed by atoms with Crippen molar-refractivity contribution in [3.63, 3.8) is 0 Å². The molecule has 2 rings (SSSR count). The Labute approximate surface area is 99.4 Å². The molecule has 4 heteroatoms. The third-order valence-corrected chi connectivity index (χ3v) is 3.30. The fraction of sp³-hybridized carbons (Fsp3) is 0.500. The summed E-state index contributed by atoms with van der Waals surface area (Å²) in [5.41, 5.74) is 0.345. The van der Waals surface area contributed by atoms with Gasteiger partial charge in [0.25, 0.3) is 0 Å². The highest BCUT2D eigenvalue weighted by Gasteiger charge is 2.25. The summed E-state index contributed by atoms with van der Waals surface area (Å²) in [5, 5.41) is 13.7. The molecule has 1 fully saturated rings. The van der Waals surface area contributed by atoms with Gasteiger partial charge in [-0.3, -0.25) is 0 Å². The Balaban J connectivity index is 2.15. The second kappa shape index (κ2) is 5.13. The first kappa shape index (κ1) is 11.8. The Bertz CT molecular complexity index is 366. The van der Waals surface area contributed by atoms with Crippen LogP contribution in [0.5, 0.6) is 0 Å². The average Bonchev–Trinajstić information content (AvgIpc) is 2.29. The fourth-order valence-electron chi connectivity index (χ4n) is 2.14. The van der Waals surface area contributed by atoms with E-state index in [4.69, 9.17) is 11.6 Å². The van der Waals surface area contributed by atoms with Gasteiger partial charge in [0.05, 0.1) is 6.10 Å². The smallest absolute Gasteiger partial charge is 0.130 e. The number of piperidine rings is 1. The summed E-state index contributed by atoms with van der Waals surface area (Å²) in [6, 6.07) is 4.42. The van der Waals surface area contributed by atoms with Crippen LogP contribution in [0.4, 0.5) is 4.39 Å². The van der Waals surface area contributed by atoms with E-state index in [1.54, 1.807) is 12.1 Å². The van der Waals surface area contributed by atoms with Crippen LogP contribution in [0.15, 0.2) is 18.2 Å². The molecule has 0 radical (unpaired) electrons. The molecule has 0 amide bonds. The van der Waals surface area contributed by atoms with Crippen molar-refractivity contribution < 1.29 is 9.50 Å². The molecule has 1 aliphatic rings. The minimum Gasteiger partial charge on any atom is -0.388 e. The molecule has 2 atom stereocenters. The number of benzene rings is 1. The molecule has 0 aliphatic carbocycles. The Kier molecular flexibility index (Phi) is 3.79. The minimum atomic E-state index is -0.745. The zero-order valence-electron chi connectivity index (χ0n) is 8.92. The van der Waals surface area contributed by atoms with E-state index in [0.717, 1.165) is 25.9 Å². The lowest BCUT2D eigenvalue weighted by Gasteiger charge is -2.27. The Hall–Kier alpha value is -0.640. The van der Waals surface area contributed by atoms with Crippen molar-refractivity contribution >= 4 is 11.6 Å². The van der Waals surface area contributed by atoms with Crippen LogP contribution in [0, 0.1) is 11.7 Å². The number of hydrogen-bond acceptors (Lipinski definition) is 2. The molecule has 2 N–H and O–H groups in total. The van der Waals surface area contributed by atoms with Crippen molar-refractivity contribution in [1.29, 1.82) is 0 Å². The van der Waals surface area contributed by atoms with Gasteiger partial charge in [-0.05, 0) is 31.5 Å². The topological polar surface area (TPSA) is 32.3 Å². The van der Waals surface area contributed by atoms with Crippen molar-refractivity contribution in [3.05, 3.63) is 34.6 Å². The molecule has 1 aromatic rings. The van der Waals surface area contributed by atoms with Gasteiger partial charge in [0.1, 0.15) is 5.82 Å². The van der Waals surface area contributed by atoms with E-state index in [1.165, 1.54) is 6.07 Å². The predicted molar refractivity (Wildman–Crippen MR) is 62.0 cm³/mol. The molecular weight excluding hydrogens is 229 g/mol. The lowest BCUT2D eigenvalue weighted by molar-refractivity contribution is 0.0888. The molecule has 0 aromatic heterocycles. The summed E-state index contributed by atoms with van der Waals surface area (Å²) in [4.78, 5) is 0. The van der Waals surface area contributed by atoms with Gasteiger partial charge in [0.15, 0.2) is 0 Å². The van der Waals surface area contributed by atoms with Crippen molar-refractivity contribution in [1.82, 2.24) is 5.32 Å². The standard InChI is InChI=1S/C12H15ClFNO/c13-9-3-4-10(11(14)6-9)12(16)8-2-1-5-15-7-8/h3-4,6,8,12,15-16H,1-2,5,7H2. The molecule has 1 aromatic carbocycles. The average molecular weight is 244 g/mol. The molecule has 1 saturated heterocycles. The van der Waals surface area contributed by atoms with Crippen LogP contribution in [-0.4, -0.2) is 18.2 Å².